The first-order chi connectivity index (χ1) is 16.6. The fourth-order valence-electron chi connectivity index (χ4n) is 3.64. The number of nitrogens with zero attached hydrogens (tertiary/aromatic N) is 4. The predicted molar refractivity (Wildman–Crippen MR) is 124 cm³/mol. The van der Waals surface area contributed by atoms with Gasteiger partial charge in [0, 0.05) is 11.1 Å². The third-order valence-electron chi connectivity index (χ3n) is 5.52. The summed E-state index contributed by atoms with van der Waals surface area (Å²) >= 11 is 5.74. The zero-order chi connectivity index (χ0) is 25.3. The minimum atomic E-state index is -4.25. The molecule has 15 heteroatoms. The Labute approximate surface area is 204 Å². The van der Waals surface area contributed by atoms with Crippen LogP contribution in [-0.4, -0.2) is 50.4 Å². The highest BCUT2D eigenvalue weighted by atomic mass is 35.5. The molecule has 1 fully saturated rings. The van der Waals surface area contributed by atoms with Gasteiger partial charge in [0.15, 0.2) is 22.7 Å². The first-order valence-corrected chi connectivity index (χ1v) is 12.4. The summed E-state index contributed by atoms with van der Waals surface area (Å²) in [5.74, 6) is -2.23. The van der Waals surface area contributed by atoms with E-state index in [1.807, 2.05) is 4.57 Å². The minimum Gasteiger partial charge on any atom is -0.480 e. The number of carboxylic acids is 1. The number of carbonyl (C=O) groups is 1. The summed E-state index contributed by atoms with van der Waals surface area (Å²) in [4.78, 5) is 23.8. The lowest BCUT2D eigenvalue weighted by atomic mass is 9.81. The second kappa shape index (κ2) is 9.94. The number of ether oxygens (including phenoxy) is 1. The number of fused-ring (bicyclic) bond motifs is 1. The molecule has 1 saturated carbocycles. The molecular formula is C20H23ClFN6O6P. The van der Waals surface area contributed by atoms with Crippen molar-refractivity contribution in [2.45, 2.75) is 31.8 Å². The number of aliphatic carboxylic acids is 1. The number of nitrogens with two attached hydrogens (primary N) is 1. The van der Waals surface area contributed by atoms with Gasteiger partial charge in [-0.2, -0.15) is 15.1 Å². The number of imidazole rings is 1. The Bertz CT molecular complexity index is 1300. The van der Waals surface area contributed by atoms with Crippen LogP contribution in [0.2, 0.25) is 5.02 Å². The molecule has 2 aromatic heterocycles. The standard InChI is InChI=1S/C20H23ClFN6O6P/c1-10(19(29)30)27-35(31,34-15-4-3-12(21)7-14(15)22)33-8-11-5-13(6-11)28-9-24-16-17(28)25-20(23)26-18(16)32-2/h3-4,7,9-11,13H,5-6,8H2,1-2H3,(H,27,31)(H,29,30)(H2,23,25,26)/t10?,11-,13+,35?. The minimum absolute atomic E-state index is 0.0185. The van der Waals surface area contributed by atoms with Crippen molar-refractivity contribution in [1.82, 2.24) is 24.6 Å². The highest BCUT2D eigenvalue weighted by molar-refractivity contribution is 7.52. The Morgan fingerprint density at radius 3 is 2.83 bits per heavy atom. The Balaban J connectivity index is 1.44. The van der Waals surface area contributed by atoms with E-state index in [2.05, 4.69) is 20.0 Å². The lowest BCUT2D eigenvalue weighted by Crippen LogP contribution is -2.35. The maximum absolute atomic E-state index is 14.2. The molecule has 0 radical (unpaired) electrons. The van der Waals surface area contributed by atoms with Crippen LogP contribution in [0.15, 0.2) is 24.5 Å². The van der Waals surface area contributed by atoms with E-state index in [0.29, 0.717) is 24.0 Å². The molecule has 4 rings (SSSR count). The number of hydrogen-bond acceptors (Lipinski definition) is 9. The largest absolute Gasteiger partial charge is 0.480 e. The van der Waals surface area contributed by atoms with E-state index in [-0.39, 0.29) is 41.2 Å². The normalized spacial score (nSPS) is 20.1. The first-order valence-electron chi connectivity index (χ1n) is 10.5. The van der Waals surface area contributed by atoms with Gasteiger partial charge in [0.25, 0.3) is 0 Å². The van der Waals surface area contributed by atoms with E-state index in [0.717, 1.165) is 6.07 Å². The van der Waals surface area contributed by atoms with Crippen molar-refractivity contribution in [2.75, 3.05) is 19.5 Å². The van der Waals surface area contributed by atoms with Gasteiger partial charge >= 0.3 is 13.7 Å². The average Bonchev–Trinajstić information content (AvgIpc) is 3.17. The van der Waals surface area contributed by atoms with Crippen LogP contribution in [0.25, 0.3) is 11.2 Å². The van der Waals surface area contributed by atoms with Crippen molar-refractivity contribution in [2.24, 2.45) is 5.92 Å². The number of carboxylic acid groups (broad SMARTS) is 1. The molecule has 12 nitrogen and oxygen atoms in total. The molecule has 0 amide bonds. The lowest BCUT2D eigenvalue weighted by molar-refractivity contribution is -0.138. The van der Waals surface area contributed by atoms with Crippen molar-refractivity contribution in [1.29, 1.82) is 0 Å². The quantitative estimate of drug-likeness (QED) is 0.330. The van der Waals surface area contributed by atoms with E-state index in [1.165, 1.54) is 26.2 Å². The number of methoxy groups -OCH3 is 1. The van der Waals surface area contributed by atoms with Crippen LogP contribution in [0.5, 0.6) is 11.6 Å². The molecule has 4 N–H and O–H groups in total. The van der Waals surface area contributed by atoms with E-state index in [1.54, 1.807) is 6.33 Å². The molecule has 1 aliphatic carbocycles. The maximum atomic E-state index is 14.2. The summed E-state index contributed by atoms with van der Waals surface area (Å²) in [7, 11) is -2.78. The number of nitrogens with one attached hydrogen (secondary N) is 1. The Morgan fingerprint density at radius 1 is 1.43 bits per heavy atom. The molecule has 0 bridgehead atoms. The fraction of sp³-hybridized carbons (Fsp3) is 0.400. The summed E-state index contributed by atoms with van der Waals surface area (Å²) in [6.07, 6.45) is 2.87. The monoisotopic (exact) mass is 528 g/mol. The van der Waals surface area contributed by atoms with Gasteiger partial charge in [0.2, 0.25) is 11.8 Å². The maximum Gasteiger partial charge on any atom is 0.459 e. The Hall–Kier alpha value is -2.99. The van der Waals surface area contributed by atoms with Gasteiger partial charge in [-0.25, -0.2) is 13.9 Å². The van der Waals surface area contributed by atoms with Crippen LogP contribution >= 0.6 is 19.3 Å². The van der Waals surface area contributed by atoms with E-state index in [4.69, 9.17) is 31.1 Å². The molecule has 0 saturated heterocycles. The van der Waals surface area contributed by atoms with Crippen molar-refractivity contribution in [3.63, 3.8) is 0 Å². The molecule has 1 aliphatic rings. The topological polar surface area (TPSA) is 164 Å². The van der Waals surface area contributed by atoms with Gasteiger partial charge in [-0.3, -0.25) is 9.32 Å². The number of aromatic nitrogens is 4. The van der Waals surface area contributed by atoms with Crippen LogP contribution in [0.3, 0.4) is 0 Å². The second-order valence-electron chi connectivity index (χ2n) is 8.05. The number of halogens is 2. The van der Waals surface area contributed by atoms with Gasteiger partial charge in [-0.1, -0.05) is 11.6 Å². The molecule has 1 aromatic carbocycles. The third kappa shape index (κ3) is 5.48. The van der Waals surface area contributed by atoms with E-state index in [9.17, 15) is 18.9 Å². The van der Waals surface area contributed by atoms with E-state index < -0.39 is 25.6 Å². The molecule has 2 atom stereocenters. The molecule has 2 heterocycles. The van der Waals surface area contributed by atoms with E-state index >= 15 is 0 Å². The summed E-state index contributed by atoms with van der Waals surface area (Å²) < 4.78 is 45.4. The Kier molecular flexibility index (Phi) is 7.13. The van der Waals surface area contributed by atoms with Crippen molar-refractivity contribution in [3.05, 3.63) is 35.4 Å². The summed E-state index contributed by atoms with van der Waals surface area (Å²) in [6.45, 7) is 1.25. The summed E-state index contributed by atoms with van der Waals surface area (Å²) in [5.41, 5.74) is 6.78. The molecular weight excluding hydrogens is 506 g/mol. The Morgan fingerprint density at radius 2 is 2.17 bits per heavy atom. The smallest absolute Gasteiger partial charge is 0.459 e. The van der Waals surface area contributed by atoms with Crippen LogP contribution in [-0.2, 0) is 13.9 Å². The fourth-order valence-corrected chi connectivity index (χ4v) is 5.38. The third-order valence-corrected chi connectivity index (χ3v) is 7.38. The molecule has 2 unspecified atom stereocenters. The highest BCUT2D eigenvalue weighted by Crippen LogP contribution is 2.48. The van der Waals surface area contributed by atoms with Crippen LogP contribution < -0.4 is 20.1 Å². The highest BCUT2D eigenvalue weighted by Gasteiger charge is 2.37. The molecule has 35 heavy (non-hydrogen) atoms. The van der Waals surface area contributed by atoms with Gasteiger partial charge in [-0.15, -0.1) is 0 Å². The zero-order valence-corrected chi connectivity index (χ0v) is 20.4. The number of benzene rings is 1. The first kappa shape index (κ1) is 25.1. The molecule has 0 aliphatic heterocycles. The molecule has 0 spiro atoms. The van der Waals surface area contributed by atoms with Crippen LogP contribution in [0, 0.1) is 11.7 Å². The van der Waals surface area contributed by atoms with Gasteiger partial charge in [0.05, 0.1) is 20.0 Å². The molecule has 3 aromatic rings. The number of rotatable bonds is 10. The van der Waals surface area contributed by atoms with Crippen molar-refractivity contribution < 1.29 is 32.6 Å². The number of anilines is 1. The number of hydrogen-bond donors (Lipinski definition) is 3. The molecule has 188 valence electrons. The van der Waals surface area contributed by atoms with Crippen LogP contribution in [0.1, 0.15) is 25.8 Å². The van der Waals surface area contributed by atoms with Gasteiger partial charge in [0.1, 0.15) is 6.04 Å². The van der Waals surface area contributed by atoms with Crippen molar-refractivity contribution in [3.8, 4) is 11.6 Å². The van der Waals surface area contributed by atoms with Crippen LogP contribution in [0.4, 0.5) is 10.3 Å². The lowest BCUT2D eigenvalue weighted by Gasteiger charge is -2.36. The average molecular weight is 529 g/mol. The zero-order valence-electron chi connectivity index (χ0n) is 18.7. The number of nitrogen functional groups attached to an aromatic ring is 1. The SMILES string of the molecule is COc1nc(N)nc2c1ncn2[C@H]1C[C@@H](COP(=O)(NC(C)C(=O)O)Oc2ccc(Cl)cc2F)C1. The van der Waals surface area contributed by atoms with Crippen molar-refractivity contribution >= 4 is 42.4 Å². The van der Waals surface area contributed by atoms with Gasteiger partial charge in [-0.05, 0) is 43.9 Å². The summed E-state index contributed by atoms with van der Waals surface area (Å²) in [5, 5.41) is 11.6. The second-order valence-corrected chi connectivity index (χ2v) is 10.2. The predicted octanol–water partition coefficient (Wildman–Crippen LogP) is 3.43. The summed E-state index contributed by atoms with van der Waals surface area (Å²) in [6, 6.07) is 2.27. The van der Waals surface area contributed by atoms with Gasteiger partial charge < -0.3 is 24.7 Å².